The highest BCUT2D eigenvalue weighted by molar-refractivity contribution is 6.32. The van der Waals surface area contributed by atoms with E-state index >= 15 is 0 Å². The average molecular weight is 277 g/mol. The monoisotopic (exact) mass is 276 g/mol. The molecule has 0 spiro atoms. The Hall–Kier alpha value is -1.61. The smallest absolute Gasteiger partial charge is 0.155 e. The summed E-state index contributed by atoms with van der Waals surface area (Å²) in [6, 6.07) is 7.89. The van der Waals surface area contributed by atoms with E-state index in [0.29, 0.717) is 16.4 Å². The Kier molecular flexibility index (Phi) is 3.50. The molecule has 100 valence electrons. The van der Waals surface area contributed by atoms with Gasteiger partial charge in [0.05, 0.1) is 11.1 Å². The molecule has 19 heavy (non-hydrogen) atoms. The molecular formula is C15H17ClN2O. The van der Waals surface area contributed by atoms with E-state index in [-0.39, 0.29) is 5.54 Å². The highest BCUT2D eigenvalue weighted by atomic mass is 35.5. The van der Waals surface area contributed by atoms with Crippen LogP contribution in [-0.4, -0.2) is 16.1 Å². The Balaban J connectivity index is 2.64. The van der Waals surface area contributed by atoms with Crippen LogP contribution in [0.3, 0.4) is 0 Å². The fourth-order valence-electron chi connectivity index (χ4n) is 1.88. The van der Waals surface area contributed by atoms with Gasteiger partial charge in [-0.1, -0.05) is 41.4 Å². The maximum Gasteiger partial charge on any atom is 0.155 e. The predicted molar refractivity (Wildman–Crippen MR) is 77.8 cm³/mol. The van der Waals surface area contributed by atoms with E-state index in [0.717, 1.165) is 17.4 Å². The van der Waals surface area contributed by atoms with Crippen molar-refractivity contribution in [3.05, 3.63) is 40.5 Å². The number of benzene rings is 1. The highest BCUT2D eigenvalue weighted by Crippen LogP contribution is 2.31. The number of hydrogen-bond donors (Lipinski definition) is 0. The average Bonchev–Trinajstić information content (AvgIpc) is 2.67. The zero-order valence-electron chi connectivity index (χ0n) is 11.6. The van der Waals surface area contributed by atoms with Gasteiger partial charge in [-0.2, -0.15) is 5.10 Å². The first kappa shape index (κ1) is 13.8. The molecule has 0 atom stereocenters. The minimum Gasteiger partial charge on any atom is -0.298 e. The molecule has 1 aromatic heterocycles. The van der Waals surface area contributed by atoms with Gasteiger partial charge in [0.1, 0.15) is 10.8 Å². The topological polar surface area (TPSA) is 34.9 Å². The Labute approximate surface area is 118 Å². The quantitative estimate of drug-likeness (QED) is 0.775. The number of carbonyl (C=O) groups excluding carboxylic acids is 1. The molecule has 0 amide bonds. The second-order valence-electron chi connectivity index (χ2n) is 5.62. The molecule has 0 saturated carbocycles. The van der Waals surface area contributed by atoms with Gasteiger partial charge in [0.2, 0.25) is 0 Å². The first-order chi connectivity index (χ1) is 8.84. The molecule has 2 aromatic rings. The Morgan fingerprint density at radius 1 is 1.21 bits per heavy atom. The molecule has 0 radical (unpaired) electrons. The minimum absolute atomic E-state index is 0.266. The van der Waals surface area contributed by atoms with Gasteiger partial charge in [0.15, 0.2) is 6.29 Å². The third-order valence-electron chi connectivity index (χ3n) is 2.94. The molecule has 4 heteroatoms. The van der Waals surface area contributed by atoms with E-state index in [1.807, 2.05) is 52.0 Å². The third-order valence-corrected chi connectivity index (χ3v) is 3.31. The molecule has 1 heterocycles. The maximum absolute atomic E-state index is 11.3. The van der Waals surface area contributed by atoms with Gasteiger partial charge in [-0.15, -0.1) is 0 Å². The maximum atomic E-state index is 11.3. The Morgan fingerprint density at radius 2 is 1.79 bits per heavy atom. The first-order valence-electron chi connectivity index (χ1n) is 6.16. The van der Waals surface area contributed by atoms with Crippen LogP contribution in [0.1, 0.15) is 36.7 Å². The first-order valence-corrected chi connectivity index (χ1v) is 6.53. The molecule has 0 fully saturated rings. The van der Waals surface area contributed by atoms with Crippen LogP contribution in [0.2, 0.25) is 5.15 Å². The van der Waals surface area contributed by atoms with Crippen LogP contribution in [0.15, 0.2) is 24.3 Å². The molecular weight excluding hydrogens is 260 g/mol. The van der Waals surface area contributed by atoms with Gasteiger partial charge in [0, 0.05) is 5.56 Å². The molecule has 0 aliphatic heterocycles. The van der Waals surface area contributed by atoms with E-state index < -0.39 is 0 Å². The highest BCUT2D eigenvalue weighted by Gasteiger charge is 2.24. The van der Waals surface area contributed by atoms with E-state index in [2.05, 4.69) is 5.10 Å². The summed E-state index contributed by atoms with van der Waals surface area (Å²) in [7, 11) is 0. The molecule has 0 saturated heterocycles. The Morgan fingerprint density at radius 3 is 2.26 bits per heavy atom. The lowest BCUT2D eigenvalue weighted by Gasteiger charge is -2.20. The van der Waals surface area contributed by atoms with Crippen LogP contribution in [-0.2, 0) is 5.54 Å². The van der Waals surface area contributed by atoms with E-state index in [4.69, 9.17) is 11.6 Å². The third kappa shape index (κ3) is 2.56. The number of aromatic nitrogens is 2. The fraction of sp³-hybridized carbons (Fsp3) is 0.333. The molecule has 2 rings (SSSR count). The van der Waals surface area contributed by atoms with Gasteiger partial charge in [-0.3, -0.25) is 4.79 Å². The van der Waals surface area contributed by atoms with Crippen molar-refractivity contribution in [2.45, 2.75) is 33.2 Å². The van der Waals surface area contributed by atoms with Crippen molar-refractivity contribution in [2.75, 3.05) is 0 Å². The molecule has 0 bridgehead atoms. The molecule has 1 aromatic carbocycles. The summed E-state index contributed by atoms with van der Waals surface area (Å²) < 4.78 is 1.69. The molecule has 0 aliphatic rings. The lowest BCUT2D eigenvalue weighted by atomic mass is 10.1. The Bertz CT molecular complexity index is 606. The summed E-state index contributed by atoms with van der Waals surface area (Å²) in [5.41, 5.74) is 2.88. The number of aryl methyl sites for hydroxylation is 1. The molecule has 0 N–H and O–H groups in total. The minimum atomic E-state index is -0.266. The van der Waals surface area contributed by atoms with E-state index in [1.165, 1.54) is 0 Å². The number of halogens is 1. The second-order valence-corrected chi connectivity index (χ2v) is 5.98. The summed E-state index contributed by atoms with van der Waals surface area (Å²) in [5.74, 6) is 0. The van der Waals surface area contributed by atoms with Crippen LogP contribution in [0, 0.1) is 6.92 Å². The zero-order valence-corrected chi connectivity index (χ0v) is 12.3. The predicted octanol–water partition coefficient (Wildman–Crippen LogP) is 4.08. The van der Waals surface area contributed by atoms with Crippen LogP contribution in [0.25, 0.3) is 11.3 Å². The fourth-order valence-corrected chi connectivity index (χ4v) is 2.31. The molecule has 0 unspecified atom stereocenters. The van der Waals surface area contributed by atoms with E-state index in [1.54, 1.807) is 4.68 Å². The SMILES string of the molecule is Cc1ccc(-c2nn(C(C)(C)C)c(Cl)c2C=O)cc1. The van der Waals surface area contributed by atoms with Crippen LogP contribution in [0.4, 0.5) is 0 Å². The van der Waals surface area contributed by atoms with Gasteiger partial charge in [-0.25, -0.2) is 4.68 Å². The summed E-state index contributed by atoms with van der Waals surface area (Å²) in [6.07, 6.45) is 0.771. The van der Waals surface area contributed by atoms with Crippen molar-refractivity contribution in [1.82, 2.24) is 9.78 Å². The normalized spacial score (nSPS) is 11.6. The van der Waals surface area contributed by atoms with Gasteiger partial charge in [-0.05, 0) is 27.7 Å². The summed E-state index contributed by atoms with van der Waals surface area (Å²) in [6.45, 7) is 8.02. The lowest BCUT2D eigenvalue weighted by molar-refractivity contribution is 0.112. The van der Waals surface area contributed by atoms with Gasteiger partial charge in [0.25, 0.3) is 0 Å². The van der Waals surface area contributed by atoms with Crippen molar-refractivity contribution in [1.29, 1.82) is 0 Å². The largest absolute Gasteiger partial charge is 0.298 e. The summed E-state index contributed by atoms with van der Waals surface area (Å²) in [5, 5.41) is 4.89. The summed E-state index contributed by atoms with van der Waals surface area (Å²) in [4.78, 5) is 11.3. The number of nitrogens with zero attached hydrogens (tertiary/aromatic N) is 2. The number of rotatable bonds is 2. The van der Waals surface area contributed by atoms with Crippen molar-refractivity contribution in [3.8, 4) is 11.3 Å². The second kappa shape index (κ2) is 4.82. The van der Waals surface area contributed by atoms with Gasteiger partial charge < -0.3 is 0 Å². The van der Waals surface area contributed by atoms with Crippen molar-refractivity contribution in [3.63, 3.8) is 0 Å². The molecule has 0 aliphatic carbocycles. The van der Waals surface area contributed by atoms with Crippen LogP contribution >= 0.6 is 11.6 Å². The van der Waals surface area contributed by atoms with Crippen molar-refractivity contribution < 1.29 is 4.79 Å². The standard InChI is InChI=1S/C15H17ClN2O/c1-10-5-7-11(8-6-10)13-12(9-19)14(16)18(17-13)15(2,3)4/h5-9H,1-4H3. The van der Waals surface area contributed by atoms with Crippen LogP contribution < -0.4 is 0 Å². The zero-order chi connectivity index (χ0) is 14.2. The van der Waals surface area contributed by atoms with Crippen LogP contribution in [0.5, 0.6) is 0 Å². The van der Waals surface area contributed by atoms with E-state index in [9.17, 15) is 4.79 Å². The number of carbonyl (C=O) groups is 1. The lowest BCUT2D eigenvalue weighted by Crippen LogP contribution is -2.23. The van der Waals surface area contributed by atoms with Crippen molar-refractivity contribution >= 4 is 17.9 Å². The van der Waals surface area contributed by atoms with Crippen molar-refractivity contribution in [2.24, 2.45) is 0 Å². The summed E-state index contributed by atoms with van der Waals surface area (Å²) >= 11 is 6.26. The number of aldehydes is 1. The number of hydrogen-bond acceptors (Lipinski definition) is 2. The van der Waals surface area contributed by atoms with Gasteiger partial charge >= 0.3 is 0 Å². The molecule has 3 nitrogen and oxygen atoms in total.